The molecule has 0 saturated heterocycles. The highest BCUT2D eigenvalue weighted by Crippen LogP contribution is 2.23. The van der Waals surface area contributed by atoms with Crippen LogP contribution < -0.4 is 14.8 Å². The molecule has 0 atom stereocenters. The first kappa shape index (κ1) is 18.7. The summed E-state index contributed by atoms with van der Waals surface area (Å²) >= 11 is 0. The van der Waals surface area contributed by atoms with E-state index >= 15 is 0 Å². The van der Waals surface area contributed by atoms with Gasteiger partial charge in [-0.2, -0.15) is 0 Å². The molecule has 0 aromatic heterocycles. The molecule has 0 unspecified atom stereocenters. The van der Waals surface area contributed by atoms with Gasteiger partial charge < -0.3 is 10.1 Å². The number of carbonyl (C=O) groups excluding carboxylic acids is 1. The van der Waals surface area contributed by atoms with Gasteiger partial charge in [-0.05, 0) is 44.0 Å². The van der Waals surface area contributed by atoms with E-state index in [9.17, 15) is 13.2 Å². The van der Waals surface area contributed by atoms with Gasteiger partial charge in [0.1, 0.15) is 5.75 Å². The highest BCUT2D eigenvalue weighted by molar-refractivity contribution is 7.89. The molecule has 1 aliphatic carbocycles. The molecule has 6 nitrogen and oxygen atoms in total. The van der Waals surface area contributed by atoms with Crippen LogP contribution in [0.3, 0.4) is 0 Å². The van der Waals surface area contributed by atoms with Crippen molar-refractivity contribution in [2.75, 3.05) is 19.7 Å². The summed E-state index contributed by atoms with van der Waals surface area (Å²) in [6.07, 6.45) is 5.27. The van der Waals surface area contributed by atoms with Crippen molar-refractivity contribution in [1.29, 1.82) is 0 Å². The summed E-state index contributed by atoms with van der Waals surface area (Å²) in [4.78, 5) is 12.2. The fourth-order valence-corrected chi connectivity index (χ4v) is 3.88. The third-order valence-electron chi connectivity index (χ3n) is 4.14. The molecule has 24 heavy (non-hydrogen) atoms. The van der Waals surface area contributed by atoms with Crippen molar-refractivity contribution >= 4 is 15.9 Å². The number of hydrogen-bond acceptors (Lipinski definition) is 4. The zero-order chi connectivity index (χ0) is 17.4. The topological polar surface area (TPSA) is 84.5 Å². The fraction of sp³-hybridized carbons (Fsp3) is 0.588. The lowest BCUT2D eigenvalue weighted by Gasteiger charge is -2.20. The second-order valence-electron chi connectivity index (χ2n) is 5.93. The number of sulfonamides is 1. The standard InChI is InChI=1S/C17H26N2O4S/c1-2-23-15-8-10-16(11-9-15)24(21,22)19-13-12-18-17(20)14-6-4-3-5-7-14/h8-11,14,19H,2-7,12-13H2,1H3,(H,18,20). The van der Waals surface area contributed by atoms with Crippen LogP contribution in [0.5, 0.6) is 5.75 Å². The Morgan fingerprint density at radius 2 is 1.79 bits per heavy atom. The van der Waals surface area contributed by atoms with Crippen molar-refractivity contribution in [3.05, 3.63) is 24.3 Å². The van der Waals surface area contributed by atoms with Gasteiger partial charge in [-0.1, -0.05) is 19.3 Å². The van der Waals surface area contributed by atoms with Crippen LogP contribution >= 0.6 is 0 Å². The maximum absolute atomic E-state index is 12.2. The average Bonchev–Trinajstić information content (AvgIpc) is 2.60. The number of nitrogens with one attached hydrogen (secondary N) is 2. The van der Waals surface area contributed by atoms with Gasteiger partial charge >= 0.3 is 0 Å². The first-order valence-electron chi connectivity index (χ1n) is 8.53. The minimum absolute atomic E-state index is 0.0370. The minimum Gasteiger partial charge on any atom is -0.494 e. The second kappa shape index (κ2) is 9.03. The van der Waals surface area contributed by atoms with Crippen LogP contribution in [0.2, 0.25) is 0 Å². The average molecular weight is 354 g/mol. The van der Waals surface area contributed by atoms with Gasteiger partial charge in [0.25, 0.3) is 0 Å². The normalized spacial score (nSPS) is 15.9. The molecule has 0 bridgehead atoms. The Morgan fingerprint density at radius 1 is 1.12 bits per heavy atom. The van der Waals surface area contributed by atoms with E-state index < -0.39 is 10.0 Å². The Kier molecular flexibility index (Phi) is 7.05. The number of ether oxygens (including phenoxy) is 1. The molecule has 0 spiro atoms. The molecule has 1 saturated carbocycles. The lowest BCUT2D eigenvalue weighted by Crippen LogP contribution is -2.38. The van der Waals surface area contributed by atoms with E-state index in [1.807, 2.05) is 6.92 Å². The number of benzene rings is 1. The molecule has 1 aromatic carbocycles. The van der Waals surface area contributed by atoms with Gasteiger partial charge in [0.05, 0.1) is 11.5 Å². The molecule has 2 N–H and O–H groups in total. The molecule has 0 aliphatic heterocycles. The van der Waals surface area contributed by atoms with Crippen molar-refractivity contribution in [3.63, 3.8) is 0 Å². The Labute approximate surface area is 144 Å². The lowest BCUT2D eigenvalue weighted by atomic mass is 9.89. The summed E-state index contributed by atoms with van der Waals surface area (Å²) in [5.41, 5.74) is 0. The predicted octanol–water partition coefficient (Wildman–Crippen LogP) is 2.06. The third-order valence-corrected chi connectivity index (χ3v) is 5.61. The van der Waals surface area contributed by atoms with Crippen LogP contribution in [-0.4, -0.2) is 34.0 Å². The minimum atomic E-state index is -3.57. The molecule has 134 valence electrons. The molecule has 0 heterocycles. The molecule has 1 amide bonds. The third kappa shape index (κ3) is 5.49. The largest absolute Gasteiger partial charge is 0.494 e. The SMILES string of the molecule is CCOc1ccc(S(=O)(=O)NCCNC(=O)C2CCCCC2)cc1. The van der Waals surface area contributed by atoms with Crippen LogP contribution in [0.1, 0.15) is 39.0 Å². The molecule has 1 fully saturated rings. The number of hydrogen-bond donors (Lipinski definition) is 2. The van der Waals surface area contributed by atoms with Crippen LogP contribution in [0.15, 0.2) is 29.2 Å². The maximum atomic E-state index is 12.2. The molecular formula is C17H26N2O4S. The van der Waals surface area contributed by atoms with Crippen LogP contribution in [-0.2, 0) is 14.8 Å². The van der Waals surface area contributed by atoms with E-state index in [-0.39, 0.29) is 23.3 Å². The highest BCUT2D eigenvalue weighted by Gasteiger charge is 2.20. The quantitative estimate of drug-likeness (QED) is 0.700. The van der Waals surface area contributed by atoms with Gasteiger partial charge in [0.15, 0.2) is 0 Å². The molecule has 0 radical (unpaired) electrons. The van der Waals surface area contributed by atoms with Gasteiger partial charge in [0.2, 0.25) is 15.9 Å². The van der Waals surface area contributed by atoms with Gasteiger partial charge in [-0.3, -0.25) is 4.79 Å². The Bertz CT molecular complexity index is 622. The van der Waals surface area contributed by atoms with Crippen molar-refractivity contribution in [2.45, 2.75) is 43.9 Å². The van der Waals surface area contributed by atoms with Crippen molar-refractivity contribution in [1.82, 2.24) is 10.0 Å². The van der Waals surface area contributed by atoms with Crippen molar-refractivity contribution in [3.8, 4) is 5.75 Å². The van der Waals surface area contributed by atoms with Gasteiger partial charge in [-0.25, -0.2) is 13.1 Å². The van der Waals surface area contributed by atoms with Gasteiger partial charge in [-0.15, -0.1) is 0 Å². The zero-order valence-corrected chi connectivity index (χ0v) is 14.9. The van der Waals surface area contributed by atoms with E-state index in [2.05, 4.69) is 10.0 Å². The Hall–Kier alpha value is -1.60. The predicted molar refractivity (Wildman–Crippen MR) is 92.4 cm³/mol. The summed E-state index contributed by atoms with van der Waals surface area (Å²) < 4.78 is 32.2. The van der Waals surface area contributed by atoms with Crippen molar-refractivity contribution < 1.29 is 17.9 Å². The van der Waals surface area contributed by atoms with E-state index in [1.165, 1.54) is 18.6 Å². The van der Waals surface area contributed by atoms with E-state index in [0.29, 0.717) is 18.9 Å². The molecule has 7 heteroatoms. The van der Waals surface area contributed by atoms with E-state index in [0.717, 1.165) is 25.7 Å². The number of rotatable bonds is 8. The fourth-order valence-electron chi connectivity index (χ4n) is 2.85. The molecule has 2 rings (SSSR count). The summed E-state index contributed by atoms with van der Waals surface area (Å²) in [7, 11) is -3.57. The number of carbonyl (C=O) groups is 1. The van der Waals surface area contributed by atoms with E-state index in [1.54, 1.807) is 12.1 Å². The Balaban J connectivity index is 1.76. The van der Waals surface area contributed by atoms with Crippen LogP contribution in [0.4, 0.5) is 0 Å². The summed E-state index contributed by atoms with van der Waals surface area (Å²) in [6, 6.07) is 6.27. The summed E-state index contributed by atoms with van der Waals surface area (Å²) in [5, 5.41) is 2.82. The molecule has 1 aromatic rings. The molecule has 1 aliphatic rings. The maximum Gasteiger partial charge on any atom is 0.240 e. The van der Waals surface area contributed by atoms with E-state index in [4.69, 9.17) is 4.74 Å². The number of amides is 1. The first-order chi connectivity index (χ1) is 11.5. The molecular weight excluding hydrogens is 328 g/mol. The Morgan fingerprint density at radius 3 is 2.42 bits per heavy atom. The van der Waals surface area contributed by atoms with Crippen LogP contribution in [0, 0.1) is 5.92 Å². The smallest absolute Gasteiger partial charge is 0.240 e. The monoisotopic (exact) mass is 354 g/mol. The zero-order valence-electron chi connectivity index (χ0n) is 14.1. The first-order valence-corrected chi connectivity index (χ1v) is 10.0. The van der Waals surface area contributed by atoms with Crippen LogP contribution in [0.25, 0.3) is 0 Å². The van der Waals surface area contributed by atoms with Gasteiger partial charge in [0, 0.05) is 19.0 Å². The summed E-state index contributed by atoms with van der Waals surface area (Å²) in [6.45, 7) is 2.87. The lowest BCUT2D eigenvalue weighted by molar-refractivity contribution is -0.125. The summed E-state index contributed by atoms with van der Waals surface area (Å²) in [5.74, 6) is 0.757. The van der Waals surface area contributed by atoms with Crippen molar-refractivity contribution in [2.24, 2.45) is 5.92 Å². The second-order valence-corrected chi connectivity index (χ2v) is 7.70. The highest BCUT2D eigenvalue weighted by atomic mass is 32.2.